The van der Waals surface area contributed by atoms with Gasteiger partial charge in [0.1, 0.15) is 29.8 Å². The highest BCUT2D eigenvalue weighted by atomic mass is 19.4. The normalized spacial score (nSPS) is 18.7. The molecule has 0 unspecified atom stereocenters. The van der Waals surface area contributed by atoms with Crippen molar-refractivity contribution in [2.24, 2.45) is 11.5 Å². The number of hydrogen-bond acceptors (Lipinski definition) is 10. The van der Waals surface area contributed by atoms with Crippen LogP contribution in [0.5, 0.6) is 11.5 Å². The number of quaternary nitrogens is 1. The number of carbonyl (C=O) groups excluding carboxylic acids is 5. The predicted octanol–water partition coefficient (Wildman–Crippen LogP) is -1.39. The second kappa shape index (κ2) is 16.9. The third kappa shape index (κ3) is 11.5. The number of amides is 4. The van der Waals surface area contributed by atoms with Gasteiger partial charge in [-0.05, 0) is 62.1 Å². The number of carbonyl (C=O) groups is 5. The van der Waals surface area contributed by atoms with E-state index in [0.717, 1.165) is 0 Å². The number of alkyl halides is 3. The highest BCUT2D eigenvalue weighted by Gasteiger charge is 2.32. The van der Waals surface area contributed by atoms with E-state index in [2.05, 4.69) is 21.7 Å². The number of nitro groups is 1. The van der Waals surface area contributed by atoms with Crippen molar-refractivity contribution >= 4 is 35.3 Å². The Hall–Kier alpha value is -5.30. The number of primary amides is 1. The van der Waals surface area contributed by atoms with E-state index >= 15 is 0 Å². The van der Waals surface area contributed by atoms with Gasteiger partial charge in [-0.2, -0.15) is 13.2 Å². The number of benzene rings is 2. The minimum absolute atomic E-state index is 0.0598. The van der Waals surface area contributed by atoms with Crippen molar-refractivity contribution in [1.82, 2.24) is 16.0 Å². The highest BCUT2D eigenvalue weighted by molar-refractivity contribution is 5.95. The van der Waals surface area contributed by atoms with Crippen LogP contribution in [0.25, 0.3) is 0 Å². The molecule has 4 bridgehead atoms. The zero-order chi connectivity index (χ0) is 35.5. The number of carboxylic acid groups (broad SMARTS) is 1. The third-order valence-electron chi connectivity index (χ3n) is 6.64. The lowest BCUT2D eigenvalue weighted by Crippen LogP contribution is -2.69. The molecule has 16 nitrogen and oxygen atoms in total. The second-order valence-corrected chi connectivity index (χ2v) is 10.3. The number of nitrogens with two attached hydrogens (primary N) is 2. The number of rotatable bonds is 8. The molecule has 256 valence electrons. The first-order valence-corrected chi connectivity index (χ1v) is 14.0. The summed E-state index contributed by atoms with van der Waals surface area (Å²) in [6, 6.07) is 6.11. The summed E-state index contributed by atoms with van der Waals surface area (Å²) >= 11 is 0. The largest absolute Gasteiger partial charge is 0.542 e. The van der Waals surface area contributed by atoms with E-state index in [1.54, 1.807) is 18.2 Å². The molecule has 2 aliphatic rings. The maximum absolute atomic E-state index is 13.4. The van der Waals surface area contributed by atoms with Gasteiger partial charge < -0.3 is 47.8 Å². The van der Waals surface area contributed by atoms with Crippen molar-refractivity contribution < 1.29 is 57.6 Å². The van der Waals surface area contributed by atoms with Crippen LogP contribution in [0.3, 0.4) is 0 Å². The van der Waals surface area contributed by atoms with Crippen LogP contribution in [0.1, 0.15) is 43.4 Å². The summed E-state index contributed by atoms with van der Waals surface area (Å²) in [7, 11) is 0. The van der Waals surface area contributed by atoms with E-state index in [0.29, 0.717) is 24.9 Å². The molecule has 2 aromatic rings. The fraction of sp³-hybridized carbons (Fsp3) is 0.393. The Morgan fingerprint density at radius 3 is 2.36 bits per heavy atom. The molecular weight excluding hydrogens is 635 g/mol. The maximum atomic E-state index is 13.4. The van der Waals surface area contributed by atoms with E-state index in [4.69, 9.17) is 26.1 Å². The van der Waals surface area contributed by atoms with Crippen LogP contribution >= 0.6 is 0 Å². The van der Waals surface area contributed by atoms with Crippen LogP contribution < -0.4 is 43.0 Å². The molecule has 0 aliphatic carbocycles. The summed E-state index contributed by atoms with van der Waals surface area (Å²) in [5, 5.41) is 28.4. The fourth-order valence-electron chi connectivity index (χ4n) is 4.14. The topological polar surface area (TPSA) is 277 Å². The number of ether oxygens (including phenoxy) is 1. The average molecular weight is 670 g/mol. The summed E-state index contributed by atoms with van der Waals surface area (Å²) < 4.78 is 37.4. The number of nitrogens with one attached hydrogen (secondary N) is 3. The molecule has 47 heavy (non-hydrogen) atoms. The van der Waals surface area contributed by atoms with Gasteiger partial charge >= 0.3 is 11.9 Å². The van der Waals surface area contributed by atoms with E-state index in [9.17, 15) is 42.5 Å². The highest BCUT2D eigenvalue weighted by Crippen LogP contribution is 2.33. The predicted molar refractivity (Wildman–Crippen MR) is 154 cm³/mol. The summed E-state index contributed by atoms with van der Waals surface area (Å²) in [6.07, 6.45) is -3.78. The standard InChI is InChI=1S/C26H33N7O7.C2HF3O2/c1-14(23(29)34)30-26(37)22-16-5-4-6-17(13-16)40-21-9-8-15(12-20(21)33(38)39)11-18(28)24(35)31-19(25(36)32-22)7-2-3-10-27;3-2(4,5)1(6)7/h4-6,8-9,12-14,18-19,22H,2-3,7,10-11,27-28H2,1H3,(H2,29,34)(H,30,37)(H,31,35)(H,32,36);(H,6,7)/t14-,18-,19+,22+;/m0./s1. The van der Waals surface area contributed by atoms with Gasteiger partial charge in [0, 0.05) is 12.5 Å². The summed E-state index contributed by atoms with van der Waals surface area (Å²) in [5.74, 6) is -5.61. The van der Waals surface area contributed by atoms with Gasteiger partial charge in [-0.15, -0.1) is 0 Å². The smallest absolute Gasteiger partial charge is 0.430 e. The molecule has 0 radical (unpaired) electrons. The van der Waals surface area contributed by atoms with Gasteiger partial charge in [-0.1, -0.05) is 18.2 Å². The number of aliphatic carboxylic acids is 1. The number of carboxylic acids is 1. The molecule has 4 amide bonds. The maximum Gasteiger partial charge on any atom is 0.430 e. The molecule has 2 aliphatic heterocycles. The van der Waals surface area contributed by atoms with Crippen molar-refractivity contribution in [3.05, 3.63) is 63.7 Å². The lowest BCUT2D eigenvalue weighted by atomic mass is 10.0. The van der Waals surface area contributed by atoms with Crippen LogP contribution in [0.4, 0.5) is 18.9 Å². The molecule has 0 spiro atoms. The Morgan fingerprint density at radius 1 is 1.13 bits per heavy atom. The second-order valence-electron chi connectivity index (χ2n) is 10.3. The third-order valence-corrected chi connectivity index (χ3v) is 6.64. The molecule has 0 aromatic heterocycles. The zero-order valence-corrected chi connectivity index (χ0v) is 25.0. The number of unbranched alkanes of at least 4 members (excludes halogenated alkanes) is 1. The summed E-state index contributed by atoms with van der Waals surface area (Å²) in [5.41, 5.74) is 15.2. The van der Waals surface area contributed by atoms with Crippen molar-refractivity contribution in [2.75, 3.05) is 6.54 Å². The number of hydrogen-bond donors (Lipinski definition) is 6. The SMILES string of the molecule is C[C@H](NC(=O)[C@@H]1NC(=O)[C@@H](CCCCN)NC(=O)[C@@H]([NH3+])Cc2ccc(c([N+](=O)[O-])c2)Oc2cccc1c2)C(N)=O.O=C([O-])C(F)(F)F. The molecule has 4 rings (SSSR count). The lowest BCUT2D eigenvalue weighted by Gasteiger charge is -2.25. The Balaban J connectivity index is 0.000000984. The molecule has 2 heterocycles. The van der Waals surface area contributed by atoms with E-state index in [-0.39, 0.29) is 35.6 Å². The molecule has 4 atom stereocenters. The Bertz CT molecular complexity index is 1490. The van der Waals surface area contributed by atoms with Crippen molar-refractivity contribution in [1.29, 1.82) is 0 Å². The zero-order valence-electron chi connectivity index (χ0n) is 25.0. The minimum Gasteiger partial charge on any atom is -0.542 e. The monoisotopic (exact) mass is 669 g/mol. The minimum atomic E-state index is -5.19. The van der Waals surface area contributed by atoms with E-state index in [1.807, 2.05) is 0 Å². The van der Waals surface area contributed by atoms with E-state index < -0.39 is 64.9 Å². The molecule has 2 aromatic carbocycles. The summed E-state index contributed by atoms with van der Waals surface area (Å²) in [4.78, 5) is 71.3. The molecular formula is C28H34F3N7O9. The van der Waals surface area contributed by atoms with Gasteiger partial charge in [0.2, 0.25) is 23.5 Å². The first kappa shape index (κ1) is 37.9. The van der Waals surface area contributed by atoms with Crippen LogP contribution in [0.2, 0.25) is 0 Å². The first-order valence-electron chi connectivity index (χ1n) is 14.0. The van der Waals surface area contributed by atoms with Crippen LogP contribution in [0.15, 0.2) is 42.5 Å². The van der Waals surface area contributed by atoms with Crippen LogP contribution in [0, 0.1) is 10.1 Å². The van der Waals surface area contributed by atoms with Gasteiger partial charge in [-0.25, -0.2) is 0 Å². The lowest BCUT2D eigenvalue weighted by molar-refractivity contribution is -0.403. The van der Waals surface area contributed by atoms with Crippen LogP contribution in [-0.4, -0.2) is 65.4 Å². The number of fused-ring (bicyclic) bond motifs is 9. The van der Waals surface area contributed by atoms with Crippen molar-refractivity contribution in [3.8, 4) is 11.5 Å². The molecule has 10 N–H and O–H groups in total. The Morgan fingerprint density at radius 2 is 1.79 bits per heavy atom. The Kier molecular flexibility index (Phi) is 13.6. The van der Waals surface area contributed by atoms with Crippen LogP contribution in [-0.2, 0) is 30.4 Å². The van der Waals surface area contributed by atoms with Gasteiger partial charge in [-0.3, -0.25) is 29.3 Å². The molecule has 19 heteroatoms. The van der Waals surface area contributed by atoms with Gasteiger partial charge in [0.25, 0.3) is 5.91 Å². The first-order chi connectivity index (χ1) is 21.9. The van der Waals surface area contributed by atoms with Crippen molar-refractivity contribution in [3.63, 3.8) is 0 Å². The van der Waals surface area contributed by atoms with Crippen molar-refractivity contribution in [2.45, 2.75) is 63.0 Å². The Labute approximate surface area is 265 Å². The van der Waals surface area contributed by atoms with E-state index in [1.165, 1.54) is 31.2 Å². The molecule has 0 fully saturated rings. The fourth-order valence-corrected chi connectivity index (χ4v) is 4.14. The van der Waals surface area contributed by atoms with Gasteiger partial charge in [0.15, 0.2) is 6.04 Å². The number of halogens is 3. The van der Waals surface area contributed by atoms with Gasteiger partial charge in [0.05, 0.1) is 4.92 Å². The number of nitrogens with zero attached hydrogens (tertiary/aromatic N) is 1. The molecule has 0 saturated heterocycles. The summed E-state index contributed by atoms with van der Waals surface area (Å²) in [6.45, 7) is 1.78. The quantitative estimate of drug-likeness (QED) is 0.109. The number of nitro benzene ring substituents is 1. The average Bonchev–Trinajstić information content (AvgIpc) is 2.99. The molecule has 0 saturated carbocycles.